The number of thioether (sulfide) groups is 1. The Morgan fingerprint density at radius 2 is 1.79 bits per heavy atom. The number of rotatable bonds is 6. The lowest BCUT2D eigenvalue weighted by Gasteiger charge is -2.07. The summed E-state index contributed by atoms with van der Waals surface area (Å²) in [6.07, 6.45) is 0. The zero-order valence-corrected chi connectivity index (χ0v) is 14.3. The van der Waals surface area contributed by atoms with Crippen LogP contribution in [0.15, 0.2) is 54.6 Å². The van der Waals surface area contributed by atoms with Crippen LogP contribution in [0.25, 0.3) is 0 Å². The largest absolute Gasteiger partial charge is 0.368 e. The van der Waals surface area contributed by atoms with E-state index in [1.165, 1.54) is 11.1 Å². The number of anilines is 3. The number of nitrogens with zero attached hydrogens (tertiary/aromatic N) is 3. The van der Waals surface area contributed by atoms with E-state index in [1.54, 1.807) is 11.8 Å². The van der Waals surface area contributed by atoms with Gasteiger partial charge in [0.05, 0.1) is 5.75 Å². The van der Waals surface area contributed by atoms with E-state index in [1.807, 2.05) is 30.3 Å². The Morgan fingerprint density at radius 1 is 0.958 bits per heavy atom. The first-order chi connectivity index (χ1) is 11.7. The van der Waals surface area contributed by atoms with Gasteiger partial charge in [-0.15, -0.1) is 11.8 Å². The maximum atomic E-state index is 5.80. The van der Waals surface area contributed by atoms with Crippen LogP contribution in [0.2, 0.25) is 0 Å². The van der Waals surface area contributed by atoms with Crippen LogP contribution in [0.3, 0.4) is 0 Å². The Morgan fingerprint density at radius 3 is 2.58 bits per heavy atom. The second-order valence-corrected chi connectivity index (χ2v) is 6.39. The first kappa shape index (κ1) is 16.3. The molecule has 24 heavy (non-hydrogen) atoms. The monoisotopic (exact) mass is 337 g/mol. The van der Waals surface area contributed by atoms with E-state index >= 15 is 0 Å². The molecule has 0 amide bonds. The molecule has 0 atom stereocenters. The molecule has 0 radical (unpaired) electrons. The van der Waals surface area contributed by atoms with E-state index < -0.39 is 0 Å². The second-order valence-electron chi connectivity index (χ2n) is 5.41. The van der Waals surface area contributed by atoms with Gasteiger partial charge in [-0.2, -0.15) is 15.0 Å². The number of benzene rings is 2. The van der Waals surface area contributed by atoms with Gasteiger partial charge >= 0.3 is 0 Å². The molecule has 1 heterocycles. The van der Waals surface area contributed by atoms with E-state index in [0.29, 0.717) is 17.5 Å². The fourth-order valence-corrected chi connectivity index (χ4v) is 3.10. The number of para-hydroxylation sites is 1. The normalized spacial score (nSPS) is 10.5. The van der Waals surface area contributed by atoms with E-state index in [-0.39, 0.29) is 5.95 Å². The highest BCUT2D eigenvalue weighted by Crippen LogP contribution is 2.19. The zero-order valence-electron chi connectivity index (χ0n) is 13.4. The minimum atomic E-state index is 0.231. The molecule has 1 aromatic heterocycles. The summed E-state index contributed by atoms with van der Waals surface area (Å²) >= 11 is 1.76. The van der Waals surface area contributed by atoms with Gasteiger partial charge in [0.1, 0.15) is 5.82 Å². The number of nitrogen functional groups attached to an aromatic ring is 1. The minimum Gasteiger partial charge on any atom is -0.368 e. The van der Waals surface area contributed by atoms with Crippen LogP contribution < -0.4 is 11.1 Å². The number of aryl methyl sites for hydroxylation is 1. The van der Waals surface area contributed by atoms with Crippen LogP contribution in [0.5, 0.6) is 0 Å². The maximum Gasteiger partial charge on any atom is 0.232 e. The topological polar surface area (TPSA) is 76.7 Å². The molecule has 0 aliphatic heterocycles. The first-order valence-electron chi connectivity index (χ1n) is 7.65. The Bertz CT molecular complexity index is 808. The van der Waals surface area contributed by atoms with Gasteiger partial charge in [0.25, 0.3) is 0 Å². The molecular formula is C18H19N5S. The summed E-state index contributed by atoms with van der Waals surface area (Å²) in [7, 11) is 0. The van der Waals surface area contributed by atoms with Gasteiger partial charge in [-0.3, -0.25) is 0 Å². The molecular weight excluding hydrogens is 318 g/mol. The van der Waals surface area contributed by atoms with Crippen LogP contribution >= 0.6 is 11.8 Å². The van der Waals surface area contributed by atoms with Crippen LogP contribution in [-0.4, -0.2) is 15.0 Å². The van der Waals surface area contributed by atoms with Crippen molar-refractivity contribution in [1.29, 1.82) is 0 Å². The number of aromatic nitrogens is 3. The van der Waals surface area contributed by atoms with Crippen molar-refractivity contribution in [3.63, 3.8) is 0 Å². The summed E-state index contributed by atoms with van der Waals surface area (Å²) in [6.45, 7) is 2.10. The quantitative estimate of drug-likeness (QED) is 0.709. The zero-order chi connectivity index (χ0) is 16.8. The van der Waals surface area contributed by atoms with Gasteiger partial charge in [0.15, 0.2) is 0 Å². The third kappa shape index (κ3) is 4.70. The summed E-state index contributed by atoms with van der Waals surface area (Å²) < 4.78 is 0. The Kier molecular flexibility index (Phi) is 5.28. The summed E-state index contributed by atoms with van der Waals surface area (Å²) in [5, 5.41) is 3.15. The fraction of sp³-hybridized carbons (Fsp3) is 0.167. The fourth-order valence-electron chi connectivity index (χ4n) is 2.27. The number of hydrogen-bond acceptors (Lipinski definition) is 6. The lowest BCUT2D eigenvalue weighted by Crippen LogP contribution is -2.06. The predicted molar refractivity (Wildman–Crippen MR) is 100 cm³/mol. The van der Waals surface area contributed by atoms with Crippen LogP contribution in [0.4, 0.5) is 17.6 Å². The second kappa shape index (κ2) is 7.79. The smallest absolute Gasteiger partial charge is 0.232 e. The molecule has 0 aliphatic rings. The summed E-state index contributed by atoms with van der Waals surface area (Å²) in [5.41, 5.74) is 9.29. The first-order valence-corrected chi connectivity index (χ1v) is 8.80. The van der Waals surface area contributed by atoms with E-state index in [2.05, 4.69) is 51.5 Å². The van der Waals surface area contributed by atoms with Gasteiger partial charge in [-0.1, -0.05) is 48.0 Å². The molecule has 3 aromatic rings. The average molecular weight is 337 g/mol. The number of hydrogen-bond donors (Lipinski definition) is 2. The molecule has 0 spiro atoms. The van der Waals surface area contributed by atoms with E-state index in [9.17, 15) is 0 Å². The molecule has 6 heteroatoms. The number of nitrogens with one attached hydrogen (secondary N) is 1. The molecule has 0 aliphatic carbocycles. The lowest BCUT2D eigenvalue weighted by atomic mass is 10.2. The van der Waals surface area contributed by atoms with Crippen molar-refractivity contribution in [2.45, 2.75) is 18.4 Å². The van der Waals surface area contributed by atoms with Gasteiger partial charge < -0.3 is 11.1 Å². The number of nitrogens with two attached hydrogens (primary N) is 1. The molecule has 0 unspecified atom stereocenters. The molecule has 0 fully saturated rings. The Balaban J connectivity index is 1.63. The van der Waals surface area contributed by atoms with Crippen LogP contribution in [-0.2, 0) is 11.5 Å². The van der Waals surface area contributed by atoms with E-state index in [0.717, 1.165) is 11.4 Å². The highest BCUT2D eigenvalue weighted by atomic mass is 32.2. The van der Waals surface area contributed by atoms with Gasteiger partial charge in [0.2, 0.25) is 11.9 Å². The standard InChI is InChI=1S/C18H19N5S/c1-13-6-5-7-14(10-13)11-24-12-16-21-17(19)23-18(22-16)20-15-8-3-2-4-9-15/h2-10H,11-12H2,1H3,(H3,19,20,21,22,23). The molecule has 122 valence electrons. The van der Waals surface area contributed by atoms with Crippen molar-refractivity contribution in [2.24, 2.45) is 0 Å². The van der Waals surface area contributed by atoms with E-state index in [4.69, 9.17) is 5.73 Å². The maximum absolute atomic E-state index is 5.80. The van der Waals surface area contributed by atoms with Crippen molar-refractivity contribution in [1.82, 2.24) is 15.0 Å². The third-order valence-electron chi connectivity index (χ3n) is 3.31. The molecule has 3 rings (SSSR count). The summed E-state index contributed by atoms with van der Waals surface area (Å²) in [5.74, 6) is 2.98. The van der Waals surface area contributed by atoms with Gasteiger partial charge in [-0.05, 0) is 24.6 Å². The SMILES string of the molecule is Cc1cccc(CSCc2nc(N)nc(Nc3ccccc3)n2)c1. The highest BCUT2D eigenvalue weighted by Gasteiger charge is 2.05. The molecule has 2 aromatic carbocycles. The predicted octanol–water partition coefficient (Wildman–Crippen LogP) is 3.94. The van der Waals surface area contributed by atoms with Crippen molar-refractivity contribution in [2.75, 3.05) is 11.1 Å². The van der Waals surface area contributed by atoms with Crippen LogP contribution in [0.1, 0.15) is 17.0 Å². The Hall–Kier alpha value is -2.60. The van der Waals surface area contributed by atoms with Gasteiger partial charge in [0, 0.05) is 11.4 Å². The molecule has 0 saturated heterocycles. The van der Waals surface area contributed by atoms with Crippen molar-refractivity contribution < 1.29 is 0 Å². The Labute approximate surface area is 145 Å². The molecule has 0 saturated carbocycles. The third-order valence-corrected chi connectivity index (χ3v) is 4.31. The molecule has 5 nitrogen and oxygen atoms in total. The van der Waals surface area contributed by atoms with Crippen molar-refractivity contribution in [3.8, 4) is 0 Å². The lowest BCUT2D eigenvalue weighted by molar-refractivity contribution is 0.982. The van der Waals surface area contributed by atoms with Crippen molar-refractivity contribution >= 4 is 29.3 Å². The minimum absolute atomic E-state index is 0.231. The van der Waals surface area contributed by atoms with Crippen molar-refractivity contribution in [3.05, 3.63) is 71.5 Å². The molecule has 3 N–H and O–H groups in total. The van der Waals surface area contributed by atoms with Crippen LogP contribution in [0, 0.1) is 6.92 Å². The highest BCUT2D eigenvalue weighted by molar-refractivity contribution is 7.97. The average Bonchev–Trinajstić information content (AvgIpc) is 2.55. The molecule has 0 bridgehead atoms. The summed E-state index contributed by atoms with van der Waals surface area (Å²) in [6, 6.07) is 18.3. The van der Waals surface area contributed by atoms with Gasteiger partial charge in [-0.25, -0.2) is 0 Å². The summed E-state index contributed by atoms with van der Waals surface area (Å²) in [4.78, 5) is 12.8.